The van der Waals surface area contributed by atoms with Crippen molar-refractivity contribution >= 4 is 22.8 Å². The molecule has 1 amide bonds. The molecule has 0 radical (unpaired) electrons. The van der Waals surface area contributed by atoms with Crippen LogP contribution in [0, 0.1) is 6.92 Å². The molecule has 1 aliphatic rings. The average molecular weight is 222 g/mol. The molecule has 0 saturated heterocycles. The van der Waals surface area contributed by atoms with Crippen molar-refractivity contribution in [3.63, 3.8) is 0 Å². The van der Waals surface area contributed by atoms with Gasteiger partial charge >= 0.3 is 0 Å². The Morgan fingerprint density at radius 3 is 2.93 bits per heavy atom. The lowest BCUT2D eigenvalue weighted by atomic mass is 10.4. The van der Waals surface area contributed by atoms with Crippen LogP contribution in [0.4, 0.5) is 0 Å². The van der Waals surface area contributed by atoms with Gasteiger partial charge in [0.1, 0.15) is 5.69 Å². The van der Waals surface area contributed by atoms with Crippen molar-refractivity contribution in [1.29, 1.82) is 0 Å². The van der Waals surface area contributed by atoms with E-state index in [1.165, 1.54) is 18.0 Å². The summed E-state index contributed by atoms with van der Waals surface area (Å²) in [7, 11) is 0. The van der Waals surface area contributed by atoms with Crippen LogP contribution in [-0.2, 0) is 0 Å². The van der Waals surface area contributed by atoms with E-state index in [4.69, 9.17) is 0 Å². The lowest BCUT2D eigenvalue weighted by Crippen LogP contribution is -2.28. The Kier molecular flexibility index (Phi) is 2.96. The van der Waals surface area contributed by atoms with E-state index in [0.717, 1.165) is 18.0 Å². The maximum absolute atomic E-state index is 11.6. The summed E-state index contributed by atoms with van der Waals surface area (Å²) in [6.45, 7) is 2.59. The number of aryl methyl sites for hydroxylation is 1. The number of thioether (sulfide) groups is 1. The Bertz CT molecular complexity index is 401. The minimum Gasteiger partial charge on any atom is -0.300 e. The number of carbonyl (C=O) groups is 1. The fourth-order valence-corrected chi connectivity index (χ4v) is 1.81. The third kappa shape index (κ3) is 2.53. The van der Waals surface area contributed by atoms with Crippen LogP contribution in [0.15, 0.2) is 17.4 Å². The summed E-state index contributed by atoms with van der Waals surface area (Å²) >= 11 is 1.54. The van der Waals surface area contributed by atoms with Crippen LogP contribution in [0.5, 0.6) is 0 Å². The predicted octanol–water partition coefficient (Wildman–Crippen LogP) is 0.618. The molecule has 78 valence electrons. The van der Waals surface area contributed by atoms with E-state index in [-0.39, 0.29) is 5.91 Å². The number of nitrogens with one attached hydrogen (secondary N) is 1. The first-order valence-electron chi connectivity index (χ1n) is 4.53. The number of carbonyl (C=O) groups excluding carboxylic acids is 1. The number of amidine groups is 1. The first-order chi connectivity index (χ1) is 7.25. The van der Waals surface area contributed by atoms with Crippen LogP contribution >= 0.6 is 11.8 Å². The number of aromatic nitrogens is 2. The van der Waals surface area contributed by atoms with Crippen LogP contribution in [0.2, 0.25) is 0 Å². The maximum atomic E-state index is 11.6. The van der Waals surface area contributed by atoms with E-state index in [9.17, 15) is 4.79 Å². The first-order valence-corrected chi connectivity index (χ1v) is 5.51. The van der Waals surface area contributed by atoms with Crippen molar-refractivity contribution in [1.82, 2.24) is 15.3 Å². The summed E-state index contributed by atoms with van der Waals surface area (Å²) < 4.78 is 0. The highest BCUT2D eigenvalue weighted by molar-refractivity contribution is 8.14. The van der Waals surface area contributed by atoms with Crippen molar-refractivity contribution in [2.24, 2.45) is 4.99 Å². The normalized spacial score (nSPS) is 14.9. The van der Waals surface area contributed by atoms with E-state index < -0.39 is 0 Å². The van der Waals surface area contributed by atoms with Gasteiger partial charge in [0.15, 0.2) is 5.17 Å². The maximum Gasteiger partial charge on any atom is 0.277 e. The number of hydrogen-bond donors (Lipinski definition) is 1. The zero-order chi connectivity index (χ0) is 10.7. The predicted molar refractivity (Wildman–Crippen MR) is 59.0 cm³/mol. The molecular weight excluding hydrogens is 212 g/mol. The molecule has 0 aromatic carbocycles. The quantitative estimate of drug-likeness (QED) is 0.756. The lowest BCUT2D eigenvalue weighted by Gasteiger charge is -2.02. The highest BCUT2D eigenvalue weighted by Crippen LogP contribution is 2.09. The fourth-order valence-electron chi connectivity index (χ4n) is 1.08. The van der Waals surface area contributed by atoms with Crippen LogP contribution in [0.1, 0.15) is 16.2 Å². The fraction of sp³-hybridized carbons (Fsp3) is 0.333. The molecule has 0 bridgehead atoms. The van der Waals surface area contributed by atoms with Gasteiger partial charge in [0, 0.05) is 11.9 Å². The molecule has 6 heteroatoms. The zero-order valence-electron chi connectivity index (χ0n) is 8.23. The monoisotopic (exact) mass is 222 g/mol. The molecule has 1 aliphatic heterocycles. The second kappa shape index (κ2) is 4.39. The molecule has 0 atom stereocenters. The molecule has 2 heterocycles. The Hall–Kier alpha value is -1.43. The summed E-state index contributed by atoms with van der Waals surface area (Å²) in [6.07, 6.45) is 3.03. The molecule has 5 nitrogen and oxygen atoms in total. The molecule has 1 aromatic rings. The summed E-state index contributed by atoms with van der Waals surface area (Å²) in [5, 5.41) is 3.35. The average Bonchev–Trinajstić information content (AvgIpc) is 2.71. The van der Waals surface area contributed by atoms with E-state index >= 15 is 0 Å². The van der Waals surface area contributed by atoms with Crippen LogP contribution < -0.4 is 5.32 Å². The minimum atomic E-state index is -0.254. The molecule has 0 aliphatic carbocycles. The van der Waals surface area contributed by atoms with E-state index in [0.29, 0.717) is 10.9 Å². The molecule has 0 unspecified atom stereocenters. The molecule has 0 saturated carbocycles. The van der Waals surface area contributed by atoms with E-state index in [1.54, 1.807) is 6.20 Å². The molecule has 0 fully saturated rings. The molecular formula is C9H10N4OS. The van der Waals surface area contributed by atoms with Gasteiger partial charge in [-0.2, -0.15) is 0 Å². The summed E-state index contributed by atoms with van der Waals surface area (Å²) in [5.74, 6) is 0.672. The van der Waals surface area contributed by atoms with Gasteiger partial charge in [-0.1, -0.05) is 11.8 Å². The van der Waals surface area contributed by atoms with E-state index in [1.807, 2.05) is 6.92 Å². The van der Waals surface area contributed by atoms with Crippen molar-refractivity contribution in [2.45, 2.75) is 6.92 Å². The van der Waals surface area contributed by atoms with Gasteiger partial charge in [0.2, 0.25) is 0 Å². The number of hydrogen-bond acceptors (Lipinski definition) is 5. The summed E-state index contributed by atoms with van der Waals surface area (Å²) in [6, 6.07) is 0. The van der Waals surface area contributed by atoms with Gasteiger partial charge in [-0.05, 0) is 6.92 Å². The highest BCUT2D eigenvalue weighted by atomic mass is 32.2. The summed E-state index contributed by atoms with van der Waals surface area (Å²) in [5.41, 5.74) is 1.11. The molecule has 15 heavy (non-hydrogen) atoms. The number of nitrogens with zero attached hydrogens (tertiary/aromatic N) is 3. The van der Waals surface area contributed by atoms with Crippen molar-refractivity contribution in [3.8, 4) is 0 Å². The minimum absolute atomic E-state index is 0.254. The van der Waals surface area contributed by atoms with Gasteiger partial charge in [0.05, 0.1) is 18.4 Å². The Labute approximate surface area is 91.4 Å². The number of rotatable bonds is 1. The topological polar surface area (TPSA) is 67.2 Å². The molecule has 1 aromatic heterocycles. The lowest BCUT2D eigenvalue weighted by molar-refractivity contribution is 0.0972. The van der Waals surface area contributed by atoms with Crippen LogP contribution in [0.3, 0.4) is 0 Å². The largest absolute Gasteiger partial charge is 0.300 e. The Morgan fingerprint density at radius 1 is 1.47 bits per heavy atom. The van der Waals surface area contributed by atoms with Gasteiger partial charge in [-0.25, -0.2) is 4.98 Å². The number of amides is 1. The first kappa shape index (κ1) is 10.1. The van der Waals surface area contributed by atoms with Gasteiger partial charge in [0.25, 0.3) is 5.91 Å². The SMILES string of the molecule is Cc1cnc(C(=O)NC2=NCCS2)cn1. The summed E-state index contributed by atoms with van der Waals surface area (Å²) in [4.78, 5) is 23.7. The zero-order valence-corrected chi connectivity index (χ0v) is 9.04. The van der Waals surface area contributed by atoms with Gasteiger partial charge < -0.3 is 0 Å². The van der Waals surface area contributed by atoms with Crippen molar-refractivity contribution in [2.75, 3.05) is 12.3 Å². The molecule has 1 N–H and O–H groups in total. The highest BCUT2D eigenvalue weighted by Gasteiger charge is 2.13. The van der Waals surface area contributed by atoms with Crippen LogP contribution in [-0.4, -0.2) is 33.3 Å². The number of aliphatic imine (C=N–C) groups is 1. The third-order valence-corrected chi connectivity index (χ3v) is 2.71. The standard InChI is InChI=1S/C9H10N4OS/c1-6-4-12-7(5-11-6)8(14)13-9-10-2-3-15-9/h4-5H,2-3H2,1H3,(H,10,13,14). The third-order valence-electron chi connectivity index (χ3n) is 1.82. The van der Waals surface area contributed by atoms with Crippen molar-refractivity contribution in [3.05, 3.63) is 23.8 Å². The van der Waals surface area contributed by atoms with Crippen molar-refractivity contribution < 1.29 is 4.79 Å². The van der Waals surface area contributed by atoms with Gasteiger partial charge in [-0.3, -0.25) is 20.1 Å². The van der Waals surface area contributed by atoms with Gasteiger partial charge in [-0.15, -0.1) is 0 Å². The molecule has 0 spiro atoms. The second-order valence-corrected chi connectivity index (χ2v) is 4.12. The Morgan fingerprint density at radius 2 is 2.33 bits per heavy atom. The Balaban J connectivity index is 2.04. The van der Waals surface area contributed by atoms with E-state index in [2.05, 4.69) is 20.3 Å². The molecule has 2 rings (SSSR count). The van der Waals surface area contributed by atoms with Crippen LogP contribution in [0.25, 0.3) is 0 Å². The second-order valence-electron chi connectivity index (χ2n) is 3.03. The smallest absolute Gasteiger partial charge is 0.277 e.